The summed E-state index contributed by atoms with van der Waals surface area (Å²) in [4.78, 5) is 2.40. The minimum atomic E-state index is -0.145. The van der Waals surface area contributed by atoms with Crippen LogP contribution in [0.25, 0.3) is 0 Å². The van der Waals surface area contributed by atoms with Crippen LogP contribution in [0.1, 0.15) is 32.1 Å². The standard InChI is InChI=1S/C9H21N3/c1-12(7-6-9(10)11)8-4-2-3-5-8/h8-9H,2-7,10-11H2,1H3. The molecule has 0 atom stereocenters. The zero-order valence-electron chi connectivity index (χ0n) is 8.00. The normalized spacial score (nSPS) is 19.8. The number of nitrogens with two attached hydrogens (primary N) is 2. The van der Waals surface area contributed by atoms with E-state index in [1.54, 1.807) is 0 Å². The number of nitrogens with zero attached hydrogens (tertiary/aromatic N) is 1. The van der Waals surface area contributed by atoms with E-state index in [-0.39, 0.29) is 6.17 Å². The Morgan fingerprint density at radius 3 is 2.42 bits per heavy atom. The van der Waals surface area contributed by atoms with Crippen LogP contribution >= 0.6 is 0 Å². The molecule has 1 fully saturated rings. The number of hydrogen-bond donors (Lipinski definition) is 2. The van der Waals surface area contributed by atoms with Crippen molar-refractivity contribution in [1.29, 1.82) is 0 Å². The van der Waals surface area contributed by atoms with E-state index in [0.29, 0.717) is 0 Å². The summed E-state index contributed by atoms with van der Waals surface area (Å²) < 4.78 is 0. The van der Waals surface area contributed by atoms with Gasteiger partial charge >= 0.3 is 0 Å². The molecule has 3 nitrogen and oxygen atoms in total. The summed E-state index contributed by atoms with van der Waals surface area (Å²) in [6.07, 6.45) is 6.27. The predicted octanol–water partition coefficient (Wildman–Crippen LogP) is 0.494. The van der Waals surface area contributed by atoms with Gasteiger partial charge in [0.2, 0.25) is 0 Å². The van der Waals surface area contributed by atoms with Crippen LogP contribution in [0.4, 0.5) is 0 Å². The van der Waals surface area contributed by atoms with Crippen LogP contribution < -0.4 is 11.5 Å². The Balaban J connectivity index is 2.13. The summed E-state index contributed by atoms with van der Waals surface area (Å²) in [5.41, 5.74) is 11.0. The highest BCUT2D eigenvalue weighted by Crippen LogP contribution is 2.22. The van der Waals surface area contributed by atoms with Crippen molar-refractivity contribution in [3.8, 4) is 0 Å². The molecule has 0 aliphatic heterocycles. The van der Waals surface area contributed by atoms with E-state index in [4.69, 9.17) is 11.5 Å². The van der Waals surface area contributed by atoms with Gasteiger partial charge in [0, 0.05) is 12.6 Å². The summed E-state index contributed by atoms with van der Waals surface area (Å²) in [7, 11) is 2.18. The van der Waals surface area contributed by atoms with E-state index in [1.165, 1.54) is 25.7 Å². The van der Waals surface area contributed by atoms with Crippen LogP contribution in [0.2, 0.25) is 0 Å². The molecule has 12 heavy (non-hydrogen) atoms. The molecular weight excluding hydrogens is 150 g/mol. The fourth-order valence-electron chi connectivity index (χ4n) is 1.88. The molecule has 0 unspecified atom stereocenters. The zero-order chi connectivity index (χ0) is 8.97. The largest absolute Gasteiger partial charge is 0.316 e. The lowest BCUT2D eigenvalue weighted by molar-refractivity contribution is 0.237. The van der Waals surface area contributed by atoms with Crippen molar-refractivity contribution in [2.75, 3.05) is 13.6 Å². The summed E-state index contributed by atoms with van der Waals surface area (Å²) in [5, 5.41) is 0. The Labute approximate surface area is 75.1 Å². The number of rotatable bonds is 4. The van der Waals surface area contributed by atoms with E-state index < -0.39 is 0 Å². The van der Waals surface area contributed by atoms with Crippen LogP contribution in [0.5, 0.6) is 0 Å². The van der Waals surface area contributed by atoms with Gasteiger partial charge in [-0.3, -0.25) is 0 Å². The average molecular weight is 171 g/mol. The van der Waals surface area contributed by atoms with Crippen molar-refractivity contribution in [3.05, 3.63) is 0 Å². The molecule has 0 radical (unpaired) electrons. The molecule has 0 aromatic heterocycles. The lowest BCUT2D eigenvalue weighted by atomic mass is 10.2. The lowest BCUT2D eigenvalue weighted by Gasteiger charge is -2.24. The molecule has 0 aromatic carbocycles. The molecule has 0 heterocycles. The maximum atomic E-state index is 5.49. The summed E-state index contributed by atoms with van der Waals surface area (Å²) in [6.45, 7) is 1.04. The van der Waals surface area contributed by atoms with Gasteiger partial charge in [-0.25, -0.2) is 0 Å². The third-order valence-electron chi connectivity index (χ3n) is 2.76. The van der Waals surface area contributed by atoms with E-state index in [0.717, 1.165) is 19.0 Å². The fourth-order valence-corrected chi connectivity index (χ4v) is 1.88. The van der Waals surface area contributed by atoms with Crippen molar-refractivity contribution in [1.82, 2.24) is 4.90 Å². The average Bonchev–Trinajstić information content (AvgIpc) is 2.51. The van der Waals surface area contributed by atoms with Crippen molar-refractivity contribution in [3.63, 3.8) is 0 Å². The first-order valence-corrected chi connectivity index (χ1v) is 4.91. The summed E-state index contributed by atoms with van der Waals surface area (Å²) >= 11 is 0. The summed E-state index contributed by atoms with van der Waals surface area (Å²) in [6, 6.07) is 0.795. The Kier molecular flexibility index (Phi) is 3.98. The molecule has 1 aliphatic rings. The zero-order valence-corrected chi connectivity index (χ0v) is 8.00. The minimum Gasteiger partial charge on any atom is -0.316 e. The van der Waals surface area contributed by atoms with Gasteiger partial charge in [0.1, 0.15) is 0 Å². The predicted molar refractivity (Wildman–Crippen MR) is 51.7 cm³/mol. The Bertz CT molecular complexity index is 119. The molecule has 4 N–H and O–H groups in total. The maximum Gasteiger partial charge on any atom is 0.0533 e. The van der Waals surface area contributed by atoms with E-state index in [1.807, 2.05) is 0 Å². The van der Waals surface area contributed by atoms with Crippen LogP contribution in [-0.2, 0) is 0 Å². The van der Waals surface area contributed by atoms with E-state index in [2.05, 4.69) is 11.9 Å². The van der Waals surface area contributed by atoms with Crippen LogP contribution in [-0.4, -0.2) is 30.7 Å². The number of hydrogen-bond acceptors (Lipinski definition) is 3. The van der Waals surface area contributed by atoms with Crippen molar-refractivity contribution < 1.29 is 0 Å². The van der Waals surface area contributed by atoms with Gasteiger partial charge in [0.15, 0.2) is 0 Å². The molecule has 1 saturated carbocycles. The van der Waals surface area contributed by atoms with Crippen molar-refractivity contribution >= 4 is 0 Å². The molecule has 0 amide bonds. The van der Waals surface area contributed by atoms with Crippen molar-refractivity contribution in [2.45, 2.75) is 44.3 Å². The highest BCUT2D eigenvalue weighted by Gasteiger charge is 2.18. The van der Waals surface area contributed by atoms with E-state index in [9.17, 15) is 0 Å². The molecule has 72 valence electrons. The molecule has 3 heteroatoms. The summed E-state index contributed by atoms with van der Waals surface area (Å²) in [5.74, 6) is 0. The molecule has 1 rings (SSSR count). The highest BCUT2D eigenvalue weighted by molar-refractivity contribution is 4.75. The Hall–Kier alpha value is -0.120. The highest BCUT2D eigenvalue weighted by atomic mass is 15.1. The van der Waals surface area contributed by atoms with Gasteiger partial charge in [-0.2, -0.15) is 0 Å². The molecule has 0 aromatic rings. The SMILES string of the molecule is CN(CCC(N)N)C1CCCC1. The fraction of sp³-hybridized carbons (Fsp3) is 1.00. The van der Waals surface area contributed by atoms with Crippen LogP contribution in [0, 0.1) is 0 Å². The Morgan fingerprint density at radius 1 is 1.33 bits per heavy atom. The van der Waals surface area contributed by atoms with Gasteiger partial charge in [0.25, 0.3) is 0 Å². The van der Waals surface area contributed by atoms with Crippen LogP contribution in [0.15, 0.2) is 0 Å². The first-order valence-electron chi connectivity index (χ1n) is 4.91. The van der Waals surface area contributed by atoms with Gasteiger partial charge in [-0.1, -0.05) is 12.8 Å². The first kappa shape index (κ1) is 9.96. The molecule has 0 spiro atoms. The maximum absolute atomic E-state index is 5.49. The third-order valence-corrected chi connectivity index (χ3v) is 2.76. The molecular formula is C9H21N3. The quantitative estimate of drug-likeness (QED) is 0.605. The second kappa shape index (κ2) is 4.80. The Morgan fingerprint density at radius 2 is 1.92 bits per heavy atom. The van der Waals surface area contributed by atoms with Gasteiger partial charge < -0.3 is 16.4 Å². The second-order valence-electron chi connectivity index (χ2n) is 3.87. The van der Waals surface area contributed by atoms with Gasteiger partial charge in [-0.05, 0) is 26.3 Å². The lowest BCUT2D eigenvalue weighted by Crippen LogP contribution is -2.37. The van der Waals surface area contributed by atoms with Crippen molar-refractivity contribution in [2.24, 2.45) is 11.5 Å². The monoisotopic (exact) mass is 171 g/mol. The molecule has 1 aliphatic carbocycles. The second-order valence-corrected chi connectivity index (χ2v) is 3.87. The van der Waals surface area contributed by atoms with Gasteiger partial charge in [-0.15, -0.1) is 0 Å². The minimum absolute atomic E-state index is 0.145. The molecule has 0 bridgehead atoms. The third kappa shape index (κ3) is 3.09. The topological polar surface area (TPSA) is 55.3 Å². The van der Waals surface area contributed by atoms with E-state index >= 15 is 0 Å². The molecule has 0 saturated heterocycles. The first-order chi connectivity index (χ1) is 5.70. The van der Waals surface area contributed by atoms with Crippen LogP contribution in [0.3, 0.4) is 0 Å². The smallest absolute Gasteiger partial charge is 0.0533 e. The van der Waals surface area contributed by atoms with Gasteiger partial charge in [0.05, 0.1) is 6.17 Å².